The number of nitrogens with zero attached hydrogens (tertiary/aromatic N) is 1. The Balaban J connectivity index is 2.06. The maximum atomic E-state index is 12.5. The van der Waals surface area contributed by atoms with Gasteiger partial charge in [0.1, 0.15) is 5.75 Å². The van der Waals surface area contributed by atoms with E-state index in [9.17, 15) is 8.42 Å². The fraction of sp³-hybridized carbons (Fsp3) is 0.294. The van der Waals surface area contributed by atoms with Crippen molar-refractivity contribution in [2.75, 3.05) is 13.7 Å². The van der Waals surface area contributed by atoms with E-state index in [0.717, 1.165) is 11.3 Å². The van der Waals surface area contributed by atoms with Gasteiger partial charge in [0.25, 0.3) is 0 Å². The predicted molar refractivity (Wildman–Crippen MR) is 98.2 cm³/mol. The van der Waals surface area contributed by atoms with Crippen LogP contribution in [0.2, 0.25) is 10.0 Å². The molecule has 7 heteroatoms. The Morgan fingerprint density at radius 3 is 2.21 bits per heavy atom. The van der Waals surface area contributed by atoms with Crippen LogP contribution in [0.25, 0.3) is 0 Å². The lowest BCUT2D eigenvalue weighted by Gasteiger charge is -2.17. The summed E-state index contributed by atoms with van der Waals surface area (Å²) >= 11 is 11.8. The van der Waals surface area contributed by atoms with Crippen molar-refractivity contribution in [3.63, 3.8) is 0 Å². The van der Waals surface area contributed by atoms with Crippen LogP contribution in [0.15, 0.2) is 42.5 Å². The van der Waals surface area contributed by atoms with Crippen LogP contribution < -0.4 is 4.74 Å². The molecular weight excluding hydrogens is 369 g/mol. The smallest absolute Gasteiger partial charge is 0.218 e. The van der Waals surface area contributed by atoms with Crippen molar-refractivity contribution >= 4 is 33.2 Å². The minimum Gasteiger partial charge on any atom is -0.494 e. The number of benzene rings is 2. The highest BCUT2D eigenvalue weighted by Crippen LogP contribution is 2.24. The molecule has 0 saturated carbocycles. The number of rotatable bonds is 7. The lowest BCUT2D eigenvalue weighted by molar-refractivity contribution is 0.340. The van der Waals surface area contributed by atoms with Gasteiger partial charge in [-0.25, -0.2) is 12.7 Å². The molecule has 24 heavy (non-hydrogen) atoms. The summed E-state index contributed by atoms with van der Waals surface area (Å²) in [5, 5.41) is 0.749. The third-order valence-corrected chi connectivity index (χ3v) is 5.96. The quantitative estimate of drug-likeness (QED) is 0.708. The fourth-order valence-electron chi connectivity index (χ4n) is 2.16. The van der Waals surface area contributed by atoms with Crippen LogP contribution in [0, 0.1) is 0 Å². The van der Waals surface area contributed by atoms with Crippen molar-refractivity contribution in [1.82, 2.24) is 4.31 Å². The summed E-state index contributed by atoms with van der Waals surface area (Å²) in [6, 6.07) is 12.2. The van der Waals surface area contributed by atoms with Crippen LogP contribution in [-0.2, 0) is 22.3 Å². The molecule has 2 rings (SSSR count). The van der Waals surface area contributed by atoms with E-state index in [1.54, 1.807) is 25.2 Å². The Kier molecular flexibility index (Phi) is 6.52. The molecule has 0 amide bonds. The number of halogens is 2. The highest BCUT2D eigenvalue weighted by molar-refractivity contribution is 7.88. The monoisotopic (exact) mass is 387 g/mol. The van der Waals surface area contributed by atoms with Gasteiger partial charge in [0.15, 0.2) is 0 Å². The topological polar surface area (TPSA) is 46.6 Å². The highest BCUT2D eigenvalue weighted by atomic mass is 35.5. The maximum absolute atomic E-state index is 12.5. The van der Waals surface area contributed by atoms with Crippen LogP contribution in [0.4, 0.5) is 0 Å². The zero-order valence-corrected chi connectivity index (χ0v) is 15.8. The summed E-state index contributed by atoms with van der Waals surface area (Å²) in [6.07, 6.45) is 0. The Morgan fingerprint density at radius 2 is 1.62 bits per heavy atom. The van der Waals surface area contributed by atoms with Crippen LogP contribution in [-0.4, -0.2) is 26.4 Å². The molecule has 0 aromatic heterocycles. The second-order valence-corrected chi connectivity index (χ2v) is 8.23. The van der Waals surface area contributed by atoms with E-state index >= 15 is 0 Å². The molecule has 0 saturated heterocycles. The van der Waals surface area contributed by atoms with E-state index in [-0.39, 0.29) is 12.3 Å². The SMILES string of the molecule is CCOc1ccc(CN(C)S(=O)(=O)Cc2ccc(Cl)c(Cl)c2)cc1. The van der Waals surface area contributed by atoms with E-state index in [1.165, 1.54) is 4.31 Å². The van der Waals surface area contributed by atoms with Crippen molar-refractivity contribution < 1.29 is 13.2 Å². The molecule has 2 aromatic rings. The third kappa shape index (κ3) is 5.11. The van der Waals surface area contributed by atoms with E-state index in [4.69, 9.17) is 27.9 Å². The standard InChI is InChI=1S/C17H19Cl2NO3S/c1-3-23-15-7-4-13(5-8-15)11-20(2)24(21,22)12-14-6-9-16(18)17(19)10-14/h4-10H,3,11-12H2,1-2H3. The minimum absolute atomic E-state index is 0.128. The van der Waals surface area contributed by atoms with Crippen LogP contribution in [0.3, 0.4) is 0 Å². The Labute approximate surface area is 153 Å². The molecule has 4 nitrogen and oxygen atoms in total. The van der Waals surface area contributed by atoms with Gasteiger partial charge in [-0.1, -0.05) is 41.4 Å². The largest absolute Gasteiger partial charge is 0.494 e. The lowest BCUT2D eigenvalue weighted by Crippen LogP contribution is -2.27. The molecule has 0 aliphatic carbocycles. The highest BCUT2D eigenvalue weighted by Gasteiger charge is 2.19. The van der Waals surface area contributed by atoms with Crippen LogP contribution in [0.1, 0.15) is 18.1 Å². The van der Waals surface area contributed by atoms with Gasteiger partial charge in [0.05, 0.1) is 22.4 Å². The van der Waals surface area contributed by atoms with E-state index < -0.39 is 10.0 Å². The molecule has 0 spiro atoms. The van der Waals surface area contributed by atoms with Crippen molar-refractivity contribution in [3.05, 3.63) is 63.6 Å². The van der Waals surface area contributed by atoms with Gasteiger partial charge in [0.2, 0.25) is 10.0 Å². The Hall–Kier alpha value is -1.27. The molecule has 130 valence electrons. The predicted octanol–water partition coefficient (Wildman–Crippen LogP) is 4.35. The van der Waals surface area contributed by atoms with E-state index in [2.05, 4.69) is 0 Å². The first-order valence-electron chi connectivity index (χ1n) is 7.41. The van der Waals surface area contributed by atoms with Gasteiger partial charge < -0.3 is 4.74 Å². The molecule has 0 fully saturated rings. The average Bonchev–Trinajstić information content (AvgIpc) is 2.53. The molecular formula is C17H19Cl2NO3S. The van der Waals surface area contributed by atoms with Crippen LogP contribution in [0.5, 0.6) is 5.75 Å². The minimum atomic E-state index is -3.46. The summed E-state index contributed by atoms with van der Waals surface area (Å²) in [6.45, 7) is 2.80. The van der Waals surface area contributed by atoms with Crippen molar-refractivity contribution in [2.45, 2.75) is 19.2 Å². The van der Waals surface area contributed by atoms with Gasteiger partial charge in [-0.05, 0) is 42.3 Å². The zero-order valence-electron chi connectivity index (χ0n) is 13.5. The molecule has 2 aromatic carbocycles. The molecule has 0 aliphatic rings. The van der Waals surface area contributed by atoms with E-state index in [1.807, 2.05) is 31.2 Å². The van der Waals surface area contributed by atoms with Gasteiger partial charge in [-0.15, -0.1) is 0 Å². The summed E-state index contributed by atoms with van der Waals surface area (Å²) in [5.74, 6) is 0.639. The average molecular weight is 388 g/mol. The second-order valence-electron chi connectivity index (χ2n) is 5.34. The van der Waals surface area contributed by atoms with Gasteiger partial charge in [-0.3, -0.25) is 0 Å². The first kappa shape index (κ1) is 19.1. The Bertz CT molecular complexity index is 792. The van der Waals surface area contributed by atoms with Gasteiger partial charge >= 0.3 is 0 Å². The molecule has 0 atom stereocenters. The first-order valence-corrected chi connectivity index (χ1v) is 9.78. The lowest BCUT2D eigenvalue weighted by atomic mass is 10.2. The normalized spacial score (nSPS) is 11.7. The van der Waals surface area contributed by atoms with Gasteiger partial charge in [-0.2, -0.15) is 0 Å². The second kappa shape index (κ2) is 8.21. The Morgan fingerprint density at radius 1 is 1.00 bits per heavy atom. The summed E-state index contributed by atoms with van der Waals surface area (Å²) in [5.41, 5.74) is 1.49. The number of hydrogen-bond donors (Lipinski definition) is 0. The maximum Gasteiger partial charge on any atom is 0.218 e. The first-order chi connectivity index (χ1) is 11.3. The number of hydrogen-bond acceptors (Lipinski definition) is 3. The summed E-state index contributed by atoms with van der Waals surface area (Å²) in [4.78, 5) is 0. The molecule has 0 bridgehead atoms. The third-order valence-electron chi connectivity index (χ3n) is 3.45. The molecule has 0 heterocycles. The number of sulfonamides is 1. The van der Waals surface area contributed by atoms with Crippen molar-refractivity contribution in [2.24, 2.45) is 0 Å². The van der Waals surface area contributed by atoms with Crippen molar-refractivity contribution in [1.29, 1.82) is 0 Å². The zero-order chi connectivity index (χ0) is 17.7. The molecule has 0 N–H and O–H groups in total. The van der Waals surface area contributed by atoms with Crippen molar-refractivity contribution in [3.8, 4) is 5.75 Å². The molecule has 0 unspecified atom stereocenters. The van der Waals surface area contributed by atoms with E-state index in [0.29, 0.717) is 22.2 Å². The molecule has 0 aliphatic heterocycles. The fourth-order valence-corrected chi connectivity index (χ4v) is 3.65. The number of ether oxygens (including phenoxy) is 1. The van der Waals surface area contributed by atoms with Gasteiger partial charge in [0, 0.05) is 13.6 Å². The van der Waals surface area contributed by atoms with Crippen LogP contribution >= 0.6 is 23.2 Å². The molecule has 0 radical (unpaired) electrons. The summed E-state index contributed by atoms with van der Waals surface area (Å²) < 4.78 is 31.7. The summed E-state index contributed by atoms with van der Waals surface area (Å²) in [7, 11) is -1.90.